The van der Waals surface area contributed by atoms with E-state index in [9.17, 15) is 4.79 Å². The fraction of sp³-hybridized carbons (Fsp3) is 0.304. The van der Waals surface area contributed by atoms with Crippen LogP contribution in [0.25, 0.3) is 6.08 Å². The summed E-state index contributed by atoms with van der Waals surface area (Å²) >= 11 is 1.63. The smallest absolute Gasteiger partial charge is 0.266 e. The molecule has 3 rings (SSSR count). The maximum atomic E-state index is 13.1. The van der Waals surface area contributed by atoms with E-state index in [4.69, 9.17) is 0 Å². The van der Waals surface area contributed by atoms with Crippen LogP contribution in [0.1, 0.15) is 49.8 Å². The van der Waals surface area contributed by atoms with E-state index in [0.717, 1.165) is 28.6 Å². The molecule has 1 amide bonds. The number of hydrogen-bond donors (Lipinski definition) is 0. The molecule has 0 N–H and O–H groups in total. The van der Waals surface area contributed by atoms with Crippen LogP contribution < -0.4 is 4.90 Å². The van der Waals surface area contributed by atoms with Crippen LogP contribution in [-0.2, 0) is 4.79 Å². The molecule has 0 aliphatic carbocycles. The van der Waals surface area contributed by atoms with Crippen molar-refractivity contribution in [1.29, 1.82) is 0 Å². The lowest BCUT2D eigenvalue weighted by Crippen LogP contribution is -2.30. The lowest BCUT2D eigenvalue weighted by Gasteiger charge is -2.17. The third-order valence-corrected chi connectivity index (χ3v) is 5.61. The van der Waals surface area contributed by atoms with E-state index in [1.54, 1.807) is 16.7 Å². The van der Waals surface area contributed by atoms with E-state index in [1.165, 1.54) is 11.1 Å². The molecule has 0 radical (unpaired) electrons. The highest BCUT2D eigenvalue weighted by Gasteiger charge is 2.31. The van der Waals surface area contributed by atoms with Gasteiger partial charge in [-0.3, -0.25) is 9.69 Å². The summed E-state index contributed by atoms with van der Waals surface area (Å²) in [7, 11) is 0. The van der Waals surface area contributed by atoms with Gasteiger partial charge in [-0.15, -0.1) is 0 Å². The molecule has 0 saturated carbocycles. The Morgan fingerprint density at radius 2 is 1.74 bits per heavy atom. The summed E-state index contributed by atoms with van der Waals surface area (Å²) in [6, 6.07) is 16.4. The summed E-state index contributed by atoms with van der Waals surface area (Å²) < 4.78 is 0. The van der Waals surface area contributed by atoms with E-state index in [2.05, 4.69) is 50.0 Å². The number of rotatable bonds is 5. The standard InChI is InChI=1S/C23H26N2OS/c1-5-14-27-23-24-21(15-18-8-10-19(11-9-18)16(2)3)22(26)25(23)20-12-6-17(4)7-13-20/h6-13,15-16H,5,14H2,1-4H3. The molecule has 4 heteroatoms. The van der Waals surface area contributed by atoms with E-state index >= 15 is 0 Å². The van der Waals surface area contributed by atoms with Crippen LogP contribution in [-0.4, -0.2) is 16.8 Å². The van der Waals surface area contributed by atoms with Crippen LogP contribution in [0.2, 0.25) is 0 Å². The molecule has 0 spiro atoms. The van der Waals surface area contributed by atoms with Crippen molar-refractivity contribution in [2.75, 3.05) is 10.7 Å². The number of aryl methyl sites for hydroxylation is 1. The second kappa shape index (κ2) is 8.57. The topological polar surface area (TPSA) is 32.7 Å². The minimum Gasteiger partial charge on any atom is -0.266 e. The van der Waals surface area contributed by atoms with Gasteiger partial charge in [0.25, 0.3) is 5.91 Å². The monoisotopic (exact) mass is 378 g/mol. The van der Waals surface area contributed by atoms with Crippen molar-refractivity contribution < 1.29 is 4.79 Å². The summed E-state index contributed by atoms with van der Waals surface area (Å²) in [5.74, 6) is 1.36. The number of thioether (sulfide) groups is 1. The molecule has 1 aliphatic heterocycles. The number of benzene rings is 2. The predicted octanol–water partition coefficient (Wildman–Crippen LogP) is 6.01. The van der Waals surface area contributed by atoms with Crippen LogP contribution in [0.4, 0.5) is 5.69 Å². The number of carbonyl (C=O) groups is 1. The van der Waals surface area contributed by atoms with Gasteiger partial charge in [-0.25, -0.2) is 4.99 Å². The zero-order chi connectivity index (χ0) is 19.4. The van der Waals surface area contributed by atoms with Crippen LogP contribution in [0, 0.1) is 6.92 Å². The lowest BCUT2D eigenvalue weighted by atomic mass is 10.0. The van der Waals surface area contributed by atoms with Gasteiger partial charge in [0, 0.05) is 5.75 Å². The van der Waals surface area contributed by atoms with Gasteiger partial charge in [-0.2, -0.15) is 0 Å². The zero-order valence-corrected chi connectivity index (χ0v) is 17.2. The molecule has 2 aromatic carbocycles. The Morgan fingerprint density at radius 1 is 1.07 bits per heavy atom. The number of hydrogen-bond acceptors (Lipinski definition) is 3. The van der Waals surface area contributed by atoms with Gasteiger partial charge in [0.1, 0.15) is 5.70 Å². The molecule has 2 aromatic rings. The zero-order valence-electron chi connectivity index (χ0n) is 16.4. The Balaban J connectivity index is 1.92. The van der Waals surface area contributed by atoms with Gasteiger partial charge in [-0.1, -0.05) is 74.5 Å². The molecule has 0 atom stereocenters. The van der Waals surface area contributed by atoms with Gasteiger partial charge in [0.2, 0.25) is 0 Å². The lowest BCUT2D eigenvalue weighted by molar-refractivity contribution is -0.113. The molecule has 3 nitrogen and oxygen atoms in total. The first kappa shape index (κ1) is 19.4. The summed E-state index contributed by atoms with van der Waals surface area (Å²) in [5.41, 5.74) is 4.82. The SMILES string of the molecule is CCCSC1=NC(=Cc2ccc(C(C)C)cc2)C(=O)N1c1ccc(C)cc1. The highest BCUT2D eigenvalue weighted by Crippen LogP contribution is 2.30. The van der Waals surface area contributed by atoms with Crippen molar-refractivity contribution in [3.05, 3.63) is 70.9 Å². The largest absolute Gasteiger partial charge is 0.283 e. The summed E-state index contributed by atoms with van der Waals surface area (Å²) in [4.78, 5) is 19.5. The van der Waals surface area contributed by atoms with E-state index in [1.807, 2.05) is 37.3 Å². The molecule has 0 aromatic heterocycles. The Bertz CT molecular complexity index is 864. The number of anilines is 1. The molecule has 0 bridgehead atoms. The molecule has 27 heavy (non-hydrogen) atoms. The quantitative estimate of drug-likeness (QED) is 0.597. The average Bonchev–Trinajstić information content (AvgIpc) is 2.96. The third kappa shape index (κ3) is 4.51. The first-order chi connectivity index (χ1) is 13.0. The molecular formula is C23H26N2OS. The average molecular weight is 379 g/mol. The molecule has 0 unspecified atom stereocenters. The number of amides is 1. The summed E-state index contributed by atoms with van der Waals surface area (Å²) in [6.07, 6.45) is 2.92. The van der Waals surface area contributed by atoms with Crippen LogP contribution in [0.15, 0.2) is 59.2 Å². The van der Waals surface area contributed by atoms with Crippen molar-refractivity contribution in [2.45, 2.75) is 40.0 Å². The second-order valence-corrected chi connectivity index (χ2v) is 8.13. The normalized spacial score (nSPS) is 15.7. The van der Waals surface area contributed by atoms with Gasteiger partial charge in [-0.05, 0) is 48.6 Å². The van der Waals surface area contributed by atoms with Crippen LogP contribution in [0.5, 0.6) is 0 Å². The summed E-state index contributed by atoms with van der Waals surface area (Å²) in [5, 5.41) is 0.760. The van der Waals surface area contributed by atoms with Gasteiger partial charge < -0.3 is 0 Å². The fourth-order valence-electron chi connectivity index (χ4n) is 2.84. The Kier molecular flexibility index (Phi) is 6.17. The van der Waals surface area contributed by atoms with Crippen molar-refractivity contribution in [1.82, 2.24) is 0 Å². The maximum absolute atomic E-state index is 13.1. The van der Waals surface area contributed by atoms with E-state index in [0.29, 0.717) is 11.6 Å². The Hall–Kier alpha value is -2.33. The fourth-order valence-corrected chi connectivity index (χ4v) is 3.71. The van der Waals surface area contributed by atoms with Crippen molar-refractivity contribution in [3.8, 4) is 0 Å². The number of carbonyl (C=O) groups excluding carboxylic acids is 1. The molecule has 0 fully saturated rings. The first-order valence-electron chi connectivity index (χ1n) is 9.44. The summed E-state index contributed by atoms with van der Waals surface area (Å²) in [6.45, 7) is 8.53. The minimum atomic E-state index is -0.0645. The highest BCUT2D eigenvalue weighted by atomic mass is 32.2. The molecule has 140 valence electrons. The Labute approximate surface area is 166 Å². The van der Waals surface area contributed by atoms with E-state index < -0.39 is 0 Å². The number of aliphatic imine (C=N–C) groups is 1. The third-order valence-electron chi connectivity index (χ3n) is 4.46. The van der Waals surface area contributed by atoms with Gasteiger partial charge in [0.05, 0.1) is 5.69 Å². The number of amidine groups is 1. The second-order valence-electron chi connectivity index (χ2n) is 7.07. The van der Waals surface area contributed by atoms with Gasteiger partial charge >= 0.3 is 0 Å². The van der Waals surface area contributed by atoms with E-state index in [-0.39, 0.29) is 5.91 Å². The Morgan fingerprint density at radius 3 is 2.33 bits per heavy atom. The maximum Gasteiger partial charge on any atom is 0.283 e. The predicted molar refractivity (Wildman–Crippen MR) is 117 cm³/mol. The number of nitrogens with zero attached hydrogens (tertiary/aromatic N) is 2. The van der Waals surface area contributed by atoms with Crippen molar-refractivity contribution >= 4 is 34.6 Å². The highest BCUT2D eigenvalue weighted by molar-refractivity contribution is 8.14. The molecule has 1 aliphatic rings. The van der Waals surface area contributed by atoms with Crippen LogP contribution in [0.3, 0.4) is 0 Å². The molecule has 0 saturated heterocycles. The first-order valence-corrected chi connectivity index (χ1v) is 10.4. The van der Waals surface area contributed by atoms with Crippen LogP contribution >= 0.6 is 11.8 Å². The molecular weight excluding hydrogens is 352 g/mol. The molecule has 1 heterocycles. The van der Waals surface area contributed by atoms with Gasteiger partial charge in [0.15, 0.2) is 5.17 Å². The van der Waals surface area contributed by atoms with Crippen molar-refractivity contribution in [2.24, 2.45) is 4.99 Å². The minimum absolute atomic E-state index is 0.0645. The van der Waals surface area contributed by atoms with Crippen molar-refractivity contribution in [3.63, 3.8) is 0 Å².